The van der Waals surface area contributed by atoms with Gasteiger partial charge in [-0.2, -0.15) is 0 Å². The summed E-state index contributed by atoms with van der Waals surface area (Å²) in [4.78, 5) is 4.35. The second kappa shape index (κ2) is 8.78. The molecule has 0 saturated heterocycles. The van der Waals surface area contributed by atoms with Gasteiger partial charge >= 0.3 is 0 Å². The molecule has 0 aliphatic heterocycles. The number of hydrogen-bond donors (Lipinski definition) is 1. The number of nitrogens with zero attached hydrogens (tertiary/aromatic N) is 1. The summed E-state index contributed by atoms with van der Waals surface area (Å²) >= 11 is 0. The topological polar surface area (TPSA) is 24.9 Å². The summed E-state index contributed by atoms with van der Waals surface area (Å²) in [6.45, 7) is 5.07. The Bertz CT molecular complexity index is 348. The molecule has 0 spiro atoms. The van der Waals surface area contributed by atoms with Gasteiger partial charge in [-0.1, -0.05) is 13.0 Å². The minimum atomic E-state index is 0.558. The second-order valence-electron chi connectivity index (χ2n) is 4.08. The summed E-state index contributed by atoms with van der Waals surface area (Å²) in [5.74, 6) is 6.08. The summed E-state index contributed by atoms with van der Waals surface area (Å²) < 4.78 is 0. The van der Waals surface area contributed by atoms with Crippen LogP contribution in [-0.2, 0) is 6.42 Å². The second-order valence-corrected chi connectivity index (χ2v) is 4.08. The Balaban J connectivity index is 2.35. The van der Waals surface area contributed by atoms with Gasteiger partial charge in [0.2, 0.25) is 0 Å². The maximum absolute atomic E-state index is 4.35. The lowest BCUT2D eigenvalue weighted by Crippen LogP contribution is -2.29. The van der Waals surface area contributed by atoms with Gasteiger partial charge in [-0.3, -0.25) is 4.98 Å². The van der Waals surface area contributed by atoms with E-state index in [2.05, 4.69) is 35.1 Å². The van der Waals surface area contributed by atoms with Crippen molar-refractivity contribution in [3.8, 4) is 11.8 Å². The van der Waals surface area contributed by atoms with E-state index in [1.165, 1.54) is 5.69 Å². The van der Waals surface area contributed by atoms with Crippen molar-refractivity contribution in [1.82, 2.24) is 10.3 Å². The highest BCUT2D eigenvalue weighted by Gasteiger charge is 2.06. The number of rotatable bonds is 7. The first kappa shape index (κ1) is 13.7. The maximum Gasteiger partial charge on any atom is 0.0404 e. The first-order valence-electron chi connectivity index (χ1n) is 6.39. The normalized spacial score (nSPS) is 11.6. The molecule has 0 aromatic carbocycles. The number of aromatic nitrogens is 1. The van der Waals surface area contributed by atoms with E-state index in [9.17, 15) is 0 Å². The van der Waals surface area contributed by atoms with Gasteiger partial charge in [0, 0.05) is 24.4 Å². The van der Waals surface area contributed by atoms with E-state index in [1.54, 1.807) is 0 Å². The van der Waals surface area contributed by atoms with Crippen molar-refractivity contribution in [1.29, 1.82) is 0 Å². The van der Waals surface area contributed by atoms with E-state index in [1.807, 2.05) is 25.3 Å². The zero-order valence-corrected chi connectivity index (χ0v) is 10.9. The van der Waals surface area contributed by atoms with Gasteiger partial charge in [-0.25, -0.2) is 0 Å². The first-order valence-corrected chi connectivity index (χ1v) is 6.39. The van der Waals surface area contributed by atoms with Crippen molar-refractivity contribution >= 4 is 0 Å². The third-order valence-corrected chi connectivity index (χ3v) is 2.76. The maximum atomic E-state index is 4.35. The van der Waals surface area contributed by atoms with Crippen LogP contribution in [0.2, 0.25) is 0 Å². The van der Waals surface area contributed by atoms with E-state index in [-0.39, 0.29) is 0 Å². The first-order chi connectivity index (χ1) is 8.36. The lowest BCUT2D eigenvalue weighted by atomic mass is 10.0. The molecular formula is C15H22N2. The molecule has 1 atom stereocenters. The van der Waals surface area contributed by atoms with Crippen molar-refractivity contribution in [3.05, 3.63) is 30.1 Å². The largest absolute Gasteiger partial charge is 0.314 e. The standard InChI is InChI=1S/C15H22N2/c1-3-5-6-9-14(16-4-2)11-12-15-10-7-8-13-17-15/h7-8,10,13-14,16H,4,6,9,11-12H2,1-2H3. The van der Waals surface area contributed by atoms with Crippen molar-refractivity contribution in [3.63, 3.8) is 0 Å². The molecule has 0 bridgehead atoms. The molecule has 1 aromatic rings. The smallest absolute Gasteiger partial charge is 0.0404 e. The predicted molar refractivity (Wildman–Crippen MR) is 72.7 cm³/mol. The Morgan fingerprint density at radius 3 is 2.88 bits per heavy atom. The molecule has 0 radical (unpaired) electrons. The van der Waals surface area contributed by atoms with E-state index < -0.39 is 0 Å². The van der Waals surface area contributed by atoms with Crippen molar-refractivity contribution < 1.29 is 0 Å². The predicted octanol–water partition coefficient (Wildman–Crippen LogP) is 2.80. The van der Waals surface area contributed by atoms with Crippen LogP contribution in [0.1, 0.15) is 38.8 Å². The molecule has 17 heavy (non-hydrogen) atoms. The molecule has 1 unspecified atom stereocenters. The monoisotopic (exact) mass is 230 g/mol. The van der Waals surface area contributed by atoms with Crippen molar-refractivity contribution in [2.45, 2.75) is 45.6 Å². The molecule has 0 amide bonds. The molecule has 92 valence electrons. The average Bonchev–Trinajstić information content (AvgIpc) is 2.37. The molecule has 1 heterocycles. The van der Waals surface area contributed by atoms with Gasteiger partial charge in [0.05, 0.1) is 0 Å². The molecule has 1 N–H and O–H groups in total. The van der Waals surface area contributed by atoms with Crippen LogP contribution in [0.5, 0.6) is 0 Å². The summed E-state index contributed by atoms with van der Waals surface area (Å²) in [5.41, 5.74) is 1.18. The van der Waals surface area contributed by atoms with Gasteiger partial charge in [0.1, 0.15) is 0 Å². The van der Waals surface area contributed by atoms with Gasteiger partial charge in [-0.05, 0) is 44.9 Å². The van der Waals surface area contributed by atoms with Crippen LogP contribution in [0.3, 0.4) is 0 Å². The Morgan fingerprint density at radius 1 is 1.35 bits per heavy atom. The van der Waals surface area contributed by atoms with Crippen LogP contribution in [0.4, 0.5) is 0 Å². The van der Waals surface area contributed by atoms with Crippen LogP contribution >= 0.6 is 0 Å². The molecule has 0 aliphatic carbocycles. The molecule has 2 heteroatoms. The zero-order chi connectivity index (χ0) is 12.3. The zero-order valence-electron chi connectivity index (χ0n) is 10.9. The van der Waals surface area contributed by atoms with Crippen LogP contribution in [-0.4, -0.2) is 17.6 Å². The van der Waals surface area contributed by atoms with Crippen LogP contribution < -0.4 is 5.32 Å². The molecule has 1 aromatic heterocycles. The van der Waals surface area contributed by atoms with Crippen LogP contribution in [0.15, 0.2) is 24.4 Å². The summed E-state index contributed by atoms with van der Waals surface area (Å²) in [6, 6.07) is 6.66. The fourth-order valence-corrected chi connectivity index (χ4v) is 1.88. The number of nitrogens with one attached hydrogen (secondary N) is 1. The third kappa shape index (κ3) is 6.09. The molecule has 1 rings (SSSR count). The molecular weight excluding hydrogens is 208 g/mol. The van der Waals surface area contributed by atoms with Crippen molar-refractivity contribution in [2.24, 2.45) is 0 Å². The quantitative estimate of drug-likeness (QED) is 0.729. The Labute approximate surface area is 105 Å². The molecule has 2 nitrogen and oxygen atoms in total. The lowest BCUT2D eigenvalue weighted by molar-refractivity contribution is 0.468. The SMILES string of the molecule is CC#CCCC(CCc1ccccn1)NCC. The summed E-state index contributed by atoms with van der Waals surface area (Å²) in [6.07, 6.45) is 6.15. The fourth-order valence-electron chi connectivity index (χ4n) is 1.88. The summed E-state index contributed by atoms with van der Waals surface area (Å²) in [5, 5.41) is 3.52. The average molecular weight is 230 g/mol. The Hall–Kier alpha value is -1.33. The number of aryl methyl sites for hydroxylation is 1. The van der Waals surface area contributed by atoms with E-state index >= 15 is 0 Å². The fraction of sp³-hybridized carbons (Fsp3) is 0.533. The van der Waals surface area contributed by atoms with Gasteiger partial charge in [-0.15, -0.1) is 11.8 Å². The molecule has 0 aliphatic rings. The minimum Gasteiger partial charge on any atom is -0.314 e. The third-order valence-electron chi connectivity index (χ3n) is 2.76. The summed E-state index contributed by atoms with van der Waals surface area (Å²) in [7, 11) is 0. The van der Waals surface area contributed by atoms with Crippen LogP contribution in [0, 0.1) is 11.8 Å². The van der Waals surface area contributed by atoms with E-state index in [0.29, 0.717) is 6.04 Å². The number of hydrogen-bond acceptors (Lipinski definition) is 2. The van der Waals surface area contributed by atoms with Gasteiger partial charge in [0.15, 0.2) is 0 Å². The highest BCUT2D eigenvalue weighted by atomic mass is 14.9. The molecule has 0 fully saturated rings. The van der Waals surface area contributed by atoms with Crippen molar-refractivity contribution in [2.75, 3.05) is 6.54 Å². The van der Waals surface area contributed by atoms with Gasteiger partial charge in [0.25, 0.3) is 0 Å². The van der Waals surface area contributed by atoms with E-state index in [4.69, 9.17) is 0 Å². The Kier molecular flexibility index (Phi) is 7.09. The highest BCUT2D eigenvalue weighted by molar-refractivity contribution is 5.04. The van der Waals surface area contributed by atoms with Gasteiger partial charge < -0.3 is 5.32 Å². The number of pyridine rings is 1. The Morgan fingerprint density at radius 2 is 2.24 bits per heavy atom. The molecule has 0 saturated carbocycles. The van der Waals surface area contributed by atoms with Crippen LogP contribution in [0.25, 0.3) is 0 Å². The lowest BCUT2D eigenvalue weighted by Gasteiger charge is -2.16. The minimum absolute atomic E-state index is 0.558. The van der Waals surface area contributed by atoms with E-state index in [0.717, 1.165) is 32.2 Å². The highest BCUT2D eigenvalue weighted by Crippen LogP contribution is 2.06.